The number of halogens is 1. The summed E-state index contributed by atoms with van der Waals surface area (Å²) in [6, 6.07) is 0. The highest BCUT2D eigenvalue weighted by Gasteiger charge is 2.14. The Hall–Kier alpha value is -0.0800. The third-order valence-corrected chi connectivity index (χ3v) is 3.86. The molecule has 2 N–H and O–H groups in total. The van der Waals surface area contributed by atoms with E-state index in [4.69, 9.17) is 4.74 Å². The van der Waals surface area contributed by atoms with Crippen LogP contribution >= 0.6 is 24.0 Å². The number of hydrogen-bond donors (Lipinski definition) is 2. The number of likely N-dealkylation sites (tertiary alicyclic amines) is 1. The van der Waals surface area contributed by atoms with Crippen LogP contribution in [-0.2, 0) is 4.74 Å². The van der Waals surface area contributed by atoms with E-state index in [0.717, 1.165) is 38.0 Å². The summed E-state index contributed by atoms with van der Waals surface area (Å²) in [4.78, 5) is 6.80. The lowest BCUT2D eigenvalue weighted by atomic mass is 9.99. The molecule has 0 aromatic heterocycles. The van der Waals surface area contributed by atoms with Crippen molar-refractivity contribution in [1.29, 1.82) is 0 Å². The second-order valence-electron chi connectivity index (χ2n) is 5.65. The van der Waals surface area contributed by atoms with Crippen molar-refractivity contribution >= 4 is 29.9 Å². The van der Waals surface area contributed by atoms with Gasteiger partial charge in [0.1, 0.15) is 0 Å². The van der Waals surface area contributed by atoms with Gasteiger partial charge in [0.2, 0.25) is 0 Å². The molecule has 0 atom stereocenters. The Labute approximate surface area is 147 Å². The fourth-order valence-corrected chi connectivity index (χ4v) is 2.44. The van der Waals surface area contributed by atoms with Gasteiger partial charge in [0.15, 0.2) is 5.96 Å². The molecular weight excluding hydrogens is 379 g/mol. The summed E-state index contributed by atoms with van der Waals surface area (Å²) in [6.07, 6.45) is 4.89. The largest absolute Gasteiger partial charge is 0.385 e. The minimum atomic E-state index is 0. The molecule has 0 saturated carbocycles. The summed E-state index contributed by atoms with van der Waals surface area (Å²) in [6.45, 7) is 8.76. The number of hydrogen-bond acceptors (Lipinski definition) is 3. The summed E-state index contributed by atoms with van der Waals surface area (Å²) < 4.78 is 5.02. The number of guanidine groups is 1. The molecule has 1 rings (SSSR count). The van der Waals surface area contributed by atoms with Crippen molar-refractivity contribution in [2.75, 3.05) is 53.5 Å². The topological polar surface area (TPSA) is 48.9 Å². The standard InChI is InChI=1S/C15H32N4O.HI/c1-14-6-11-19(12-7-14)10-4-8-17-15(16-2)18-9-5-13-20-3;/h14H,4-13H2,1-3H3,(H2,16,17,18);1H. The average molecular weight is 412 g/mol. The minimum Gasteiger partial charge on any atom is -0.385 e. The fraction of sp³-hybridized carbons (Fsp3) is 0.933. The van der Waals surface area contributed by atoms with E-state index in [2.05, 4.69) is 27.4 Å². The first-order chi connectivity index (χ1) is 9.76. The highest BCUT2D eigenvalue weighted by molar-refractivity contribution is 14.0. The third-order valence-electron chi connectivity index (χ3n) is 3.86. The molecule has 5 nitrogen and oxygen atoms in total. The average Bonchev–Trinajstić information content (AvgIpc) is 2.47. The number of methoxy groups -OCH3 is 1. The molecule has 0 unspecified atom stereocenters. The monoisotopic (exact) mass is 412 g/mol. The normalized spacial score (nSPS) is 17.4. The summed E-state index contributed by atoms with van der Waals surface area (Å²) in [7, 11) is 3.55. The van der Waals surface area contributed by atoms with E-state index in [0.29, 0.717) is 0 Å². The van der Waals surface area contributed by atoms with Crippen LogP contribution in [0.4, 0.5) is 0 Å². The van der Waals surface area contributed by atoms with E-state index in [1.54, 1.807) is 7.11 Å². The van der Waals surface area contributed by atoms with Crippen LogP contribution in [0.5, 0.6) is 0 Å². The van der Waals surface area contributed by atoms with Crippen LogP contribution in [0.2, 0.25) is 0 Å². The molecule has 0 spiro atoms. The van der Waals surface area contributed by atoms with Crippen LogP contribution in [-0.4, -0.2) is 64.3 Å². The third kappa shape index (κ3) is 10.3. The van der Waals surface area contributed by atoms with E-state index in [1.807, 2.05) is 7.05 Å². The highest BCUT2D eigenvalue weighted by atomic mass is 127. The Morgan fingerprint density at radius 1 is 1.19 bits per heavy atom. The highest BCUT2D eigenvalue weighted by Crippen LogP contribution is 2.15. The molecule has 0 aromatic rings. The second kappa shape index (κ2) is 13.6. The van der Waals surface area contributed by atoms with Crippen LogP contribution < -0.4 is 10.6 Å². The van der Waals surface area contributed by atoms with Gasteiger partial charge in [-0.15, -0.1) is 24.0 Å². The maximum Gasteiger partial charge on any atom is 0.190 e. The molecule has 0 amide bonds. The first-order valence-electron chi connectivity index (χ1n) is 7.92. The van der Waals surface area contributed by atoms with Crippen LogP contribution in [0.15, 0.2) is 4.99 Å². The zero-order valence-electron chi connectivity index (χ0n) is 13.9. The van der Waals surface area contributed by atoms with Gasteiger partial charge in [-0.05, 0) is 51.2 Å². The van der Waals surface area contributed by atoms with Gasteiger partial charge in [-0.3, -0.25) is 4.99 Å². The molecule has 6 heteroatoms. The zero-order valence-corrected chi connectivity index (χ0v) is 16.2. The van der Waals surface area contributed by atoms with Gasteiger partial charge in [0.25, 0.3) is 0 Å². The van der Waals surface area contributed by atoms with Gasteiger partial charge in [0.05, 0.1) is 0 Å². The van der Waals surface area contributed by atoms with E-state index in [-0.39, 0.29) is 24.0 Å². The first kappa shape index (κ1) is 20.9. The fourth-order valence-electron chi connectivity index (χ4n) is 2.44. The van der Waals surface area contributed by atoms with Crippen LogP contribution in [0.3, 0.4) is 0 Å². The molecular formula is C15H33IN4O. The van der Waals surface area contributed by atoms with Gasteiger partial charge in [-0.25, -0.2) is 0 Å². The Kier molecular flexibility index (Phi) is 13.5. The predicted octanol–water partition coefficient (Wildman–Crippen LogP) is 1.93. The molecule has 1 saturated heterocycles. The van der Waals surface area contributed by atoms with Crippen molar-refractivity contribution in [3.05, 3.63) is 0 Å². The summed E-state index contributed by atoms with van der Waals surface area (Å²) >= 11 is 0. The number of nitrogens with zero attached hydrogens (tertiary/aromatic N) is 2. The number of rotatable bonds is 8. The predicted molar refractivity (Wildman–Crippen MR) is 101 cm³/mol. The molecule has 1 heterocycles. The molecule has 1 fully saturated rings. The van der Waals surface area contributed by atoms with Crippen molar-refractivity contribution in [3.8, 4) is 0 Å². The van der Waals surface area contributed by atoms with Crippen molar-refractivity contribution in [1.82, 2.24) is 15.5 Å². The van der Waals surface area contributed by atoms with Crippen molar-refractivity contribution in [3.63, 3.8) is 0 Å². The van der Waals surface area contributed by atoms with Gasteiger partial charge in [-0.2, -0.15) is 0 Å². The molecule has 1 aliphatic heterocycles. The Morgan fingerprint density at radius 2 is 1.81 bits per heavy atom. The van der Waals surface area contributed by atoms with Gasteiger partial charge < -0.3 is 20.3 Å². The van der Waals surface area contributed by atoms with Gasteiger partial charge in [0, 0.05) is 33.9 Å². The molecule has 126 valence electrons. The second-order valence-corrected chi connectivity index (χ2v) is 5.65. The van der Waals surface area contributed by atoms with E-state index in [9.17, 15) is 0 Å². The van der Waals surface area contributed by atoms with E-state index >= 15 is 0 Å². The molecule has 0 aliphatic carbocycles. The summed E-state index contributed by atoms with van der Waals surface area (Å²) in [5, 5.41) is 6.66. The van der Waals surface area contributed by atoms with E-state index in [1.165, 1.54) is 38.9 Å². The molecule has 1 aliphatic rings. The lowest BCUT2D eigenvalue weighted by molar-refractivity contribution is 0.191. The van der Waals surface area contributed by atoms with Crippen molar-refractivity contribution in [2.45, 2.75) is 32.6 Å². The molecule has 0 bridgehead atoms. The lowest BCUT2D eigenvalue weighted by Gasteiger charge is -2.30. The number of ether oxygens (including phenoxy) is 1. The van der Waals surface area contributed by atoms with Crippen LogP contribution in [0, 0.1) is 5.92 Å². The Bertz CT molecular complexity index is 268. The maximum absolute atomic E-state index is 5.02. The number of piperidine rings is 1. The molecule has 0 aromatic carbocycles. The van der Waals surface area contributed by atoms with Crippen LogP contribution in [0.25, 0.3) is 0 Å². The quantitative estimate of drug-likeness (QED) is 0.277. The van der Waals surface area contributed by atoms with Crippen molar-refractivity contribution in [2.24, 2.45) is 10.9 Å². The smallest absolute Gasteiger partial charge is 0.190 e. The minimum absolute atomic E-state index is 0. The SMILES string of the molecule is CN=C(NCCCOC)NCCCN1CCC(C)CC1.I. The Morgan fingerprint density at radius 3 is 2.38 bits per heavy atom. The van der Waals surface area contributed by atoms with E-state index < -0.39 is 0 Å². The lowest BCUT2D eigenvalue weighted by Crippen LogP contribution is -2.40. The van der Waals surface area contributed by atoms with Gasteiger partial charge in [-0.1, -0.05) is 6.92 Å². The summed E-state index contributed by atoms with van der Waals surface area (Å²) in [5.74, 6) is 1.81. The molecule has 0 radical (unpaired) electrons. The molecule has 21 heavy (non-hydrogen) atoms. The summed E-state index contributed by atoms with van der Waals surface area (Å²) in [5.41, 5.74) is 0. The zero-order chi connectivity index (χ0) is 14.6. The van der Waals surface area contributed by atoms with Crippen LogP contribution in [0.1, 0.15) is 32.6 Å². The van der Waals surface area contributed by atoms with Crippen molar-refractivity contribution < 1.29 is 4.74 Å². The van der Waals surface area contributed by atoms with Gasteiger partial charge >= 0.3 is 0 Å². The number of nitrogens with one attached hydrogen (secondary N) is 2. The maximum atomic E-state index is 5.02. The number of aliphatic imine (C=N–C) groups is 1. The first-order valence-corrected chi connectivity index (χ1v) is 7.92. The Balaban J connectivity index is 0.00000400.